The van der Waals surface area contributed by atoms with Gasteiger partial charge in [-0.3, -0.25) is 0 Å². The van der Waals surface area contributed by atoms with Gasteiger partial charge in [0.05, 0.1) is 4.90 Å². The molecule has 114 valence electrons. The highest BCUT2D eigenvalue weighted by Gasteiger charge is 2.49. The van der Waals surface area contributed by atoms with E-state index in [1.807, 2.05) is 0 Å². The van der Waals surface area contributed by atoms with Gasteiger partial charge in [0.25, 0.3) is 10.0 Å². The van der Waals surface area contributed by atoms with Crippen molar-refractivity contribution in [3.05, 3.63) is 29.3 Å². The topological polar surface area (TPSA) is 37.4 Å². The van der Waals surface area contributed by atoms with Gasteiger partial charge in [-0.15, -0.1) is 3.71 Å². The molecule has 3 nitrogen and oxygen atoms in total. The Labute approximate surface area is 151 Å². The average molecular weight is 438 g/mol. The fourth-order valence-electron chi connectivity index (χ4n) is 1.02. The van der Waals surface area contributed by atoms with Crippen molar-refractivity contribution in [2.75, 3.05) is 7.05 Å². The Hall–Kier alpha value is 1.22. The molecule has 0 unspecified atom stereocenters. The van der Waals surface area contributed by atoms with Crippen LogP contribution in [0.15, 0.2) is 29.2 Å². The van der Waals surface area contributed by atoms with Crippen LogP contribution in [-0.2, 0) is 10.0 Å². The molecule has 0 radical (unpaired) electrons. The SMILES string of the molecule is CN(SC(Cl)(Cl)C(Cl)(Cl)Cl)S(=O)(=O)c1ccc(Cl)cc1. The summed E-state index contributed by atoms with van der Waals surface area (Å²) in [7, 11) is -2.62. The van der Waals surface area contributed by atoms with Crippen LogP contribution in [0, 0.1) is 0 Å². The number of nitrogens with zero attached hydrogens (tertiary/aromatic N) is 1. The van der Waals surface area contributed by atoms with E-state index in [9.17, 15) is 8.42 Å². The molecule has 11 heteroatoms. The zero-order valence-corrected chi connectivity index (χ0v) is 15.8. The molecule has 0 spiro atoms. The van der Waals surface area contributed by atoms with Crippen molar-refractivity contribution in [1.29, 1.82) is 0 Å². The molecule has 0 saturated carbocycles. The third-order valence-electron chi connectivity index (χ3n) is 2.02. The van der Waals surface area contributed by atoms with Crippen molar-refractivity contribution in [3.8, 4) is 0 Å². The summed E-state index contributed by atoms with van der Waals surface area (Å²) in [5.41, 5.74) is 0. The van der Waals surface area contributed by atoms with Crippen LogP contribution in [0.4, 0.5) is 0 Å². The van der Waals surface area contributed by atoms with Crippen LogP contribution < -0.4 is 0 Å². The second kappa shape index (κ2) is 6.77. The van der Waals surface area contributed by atoms with Crippen LogP contribution in [-0.4, -0.2) is 26.6 Å². The normalized spacial score (nSPS) is 13.8. The van der Waals surface area contributed by atoms with Gasteiger partial charge in [0, 0.05) is 12.1 Å². The van der Waals surface area contributed by atoms with E-state index in [0.717, 1.165) is 3.71 Å². The second-order valence-electron chi connectivity index (χ2n) is 3.47. The van der Waals surface area contributed by atoms with Crippen LogP contribution in [0.5, 0.6) is 0 Å². The first-order chi connectivity index (χ1) is 8.88. The van der Waals surface area contributed by atoms with E-state index < -0.39 is 17.5 Å². The highest BCUT2D eigenvalue weighted by atomic mass is 35.6. The Morgan fingerprint density at radius 3 is 1.90 bits per heavy atom. The maximum absolute atomic E-state index is 12.3. The van der Waals surface area contributed by atoms with Crippen LogP contribution in [0.3, 0.4) is 0 Å². The maximum atomic E-state index is 12.3. The zero-order chi connectivity index (χ0) is 15.8. The molecule has 0 saturated heterocycles. The fraction of sp³-hybridized carbons (Fsp3) is 0.333. The summed E-state index contributed by atoms with van der Waals surface area (Å²) in [5, 5.41) is 0.407. The molecule has 0 atom stereocenters. The molecule has 1 rings (SSSR count). The van der Waals surface area contributed by atoms with Crippen molar-refractivity contribution in [1.82, 2.24) is 3.71 Å². The fourth-order valence-corrected chi connectivity index (χ4v) is 4.51. The molecule has 0 aliphatic rings. The Morgan fingerprint density at radius 2 is 1.50 bits per heavy atom. The van der Waals surface area contributed by atoms with Gasteiger partial charge in [0.1, 0.15) is 0 Å². The molecule has 0 aromatic heterocycles. The minimum Gasteiger partial charge on any atom is -0.206 e. The van der Waals surface area contributed by atoms with E-state index >= 15 is 0 Å². The zero-order valence-electron chi connectivity index (χ0n) is 9.66. The Balaban J connectivity index is 3.02. The van der Waals surface area contributed by atoms with Crippen molar-refractivity contribution in [2.45, 2.75) is 12.4 Å². The van der Waals surface area contributed by atoms with E-state index in [-0.39, 0.29) is 4.90 Å². The van der Waals surface area contributed by atoms with Crippen LogP contribution >= 0.6 is 81.6 Å². The number of halogens is 6. The first-order valence-electron chi connectivity index (χ1n) is 4.76. The van der Waals surface area contributed by atoms with E-state index in [4.69, 9.17) is 69.6 Å². The van der Waals surface area contributed by atoms with Crippen LogP contribution in [0.25, 0.3) is 0 Å². The van der Waals surface area contributed by atoms with Gasteiger partial charge in [-0.1, -0.05) is 69.6 Å². The summed E-state index contributed by atoms with van der Waals surface area (Å²) in [6.45, 7) is 0. The molecule has 0 aliphatic heterocycles. The molecule has 0 bridgehead atoms. The van der Waals surface area contributed by atoms with E-state index in [1.165, 1.54) is 31.3 Å². The van der Waals surface area contributed by atoms with Crippen LogP contribution in [0.2, 0.25) is 5.02 Å². The van der Waals surface area contributed by atoms with Gasteiger partial charge in [-0.25, -0.2) is 8.42 Å². The molecular weight excluding hydrogens is 431 g/mol. The quantitative estimate of drug-likeness (QED) is 0.485. The largest absolute Gasteiger partial charge is 0.252 e. The van der Waals surface area contributed by atoms with Crippen molar-refractivity contribution in [2.24, 2.45) is 0 Å². The number of sulfonamides is 1. The molecule has 0 fully saturated rings. The number of rotatable bonds is 4. The predicted octanol–water partition coefficient (Wildman–Crippen LogP) is 5.11. The molecular formula is C9H7Cl6NO2S2. The number of alkyl halides is 5. The third-order valence-corrected chi connectivity index (χ3v) is 8.17. The van der Waals surface area contributed by atoms with Gasteiger partial charge in [0.2, 0.25) is 7.46 Å². The van der Waals surface area contributed by atoms with E-state index in [1.54, 1.807) is 0 Å². The minimum absolute atomic E-state index is 0.00495. The average Bonchev–Trinajstić information content (AvgIpc) is 2.27. The smallest absolute Gasteiger partial charge is 0.206 e. The van der Waals surface area contributed by atoms with Crippen molar-refractivity contribution in [3.63, 3.8) is 0 Å². The van der Waals surface area contributed by atoms with Gasteiger partial charge in [0.15, 0.2) is 0 Å². The lowest BCUT2D eigenvalue weighted by Crippen LogP contribution is -2.33. The molecule has 20 heavy (non-hydrogen) atoms. The van der Waals surface area contributed by atoms with Gasteiger partial charge >= 0.3 is 0 Å². The molecule has 1 aromatic rings. The first-order valence-corrected chi connectivity index (χ1v) is 9.24. The summed E-state index contributed by atoms with van der Waals surface area (Å²) in [5.74, 6) is 0. The Kier molecular flexibility index (Phi) is 6.52. The van der Waals surface area contributed by atoms with Crippen molar-refractivity contribution < 1.29 is 8.42 Å². The van der Waals surface area contributed by atoms with E-state index in [0.29, 0.717) is 17.0 Å². The molecule has 0 heterocycles. The summed E-state index contributed by atoms with van der Waals surface area (Å²) in [4.78, 5) is 0.00495. The molecule has 0 amide bonds. The first kappa shape index (κ1) is 19.3. The number of hydrogen-bond donors (Lipinski definition) is 0. The highest BCUT2D eigenvalue weighted by Crippen LogP contribution is 2.54. The van der Waals surface area contributed by atoms with Crippen LogP contribution in [0.1, 0.15) is 0 Å². The summed E-state index contributed by atoms with van der Waals surface area (Å²) >= 11 is 34.6. The van der Waals surface area contributed by atoms with Crippen molar-refractivity contribution >= 4 is 91.6 Å². The standard InChI is InChI=1S/C9H7Cl6NO2S2/c1-16(19-9(14,15)8(11,12)13)20(17,18)7-4-2-6(10)3-5-7/h2-5H,1H3. The Bertz CT molecular complexity index is 569. The maximum Gasteiger partial charge on any atom is 0.252 e. The van der Waals surface area contributed by atoms with Gasteiger partial charge in [-0.2, -0.15) is 0 Å². The Morgan fingerprint density at radius 1 is 1.05 bits per heavy atom. The summed E-state index contributed by atoms with van der Waals surface area (Å²) in [6.07, 6.45) is 0. The highest BCUT2D eigenvalue weighted by molar-refractivity contribution is 8.11. The monoisotopic (exact) mass is 435 g/mol. The molecule has 0 N–H and O–H groups in total. The second-order valence-corrected chi connectivity index (χ2v) is 11.5. The minimum atomic E-state index is -3.86. The van der Waals surface area contributed by atoms with Gasteiger partial charge in [-0.05, 0) is 36.2 Å². The summed E-state index contributed by atoms with van der Waals surface area (Å²) < 4.78 is 21.3. The lowest BCUT2D eigenvalue weighted by molar-refractivity contribution is 0.564. The van der Waals surface area contributed by atoms with Gasteiger partial charge < -0.3 is 0 Å². The van der Waals surface area contributed by atoms with E-state index in [2.05, 4.69) is 0 Å². The summed E-state index contributed by atoms with van der Waals surface area (Å²) in [6, 6.07) is 5.56. The molecule has 1 aromatic carbocycles. The predicted molar refractivity (Wildman–Crippen MR) is 88.7 cm³/mol. The molecule has 0 aliphatic carbocycles. The number of hydrogen-bond acceptors (Lipinski definition) is 3. The lowest BCUT2D eigenvalue weighted by Gasteiger charge is -2.29. The number of benzene rings is 1. The lowest BCUT2D eigenvalue weighted by atomic mass is 10.4. The third kappa shape index (κ3) is 4.61.